The normalized spacial score (nSPS) is 12.2. The van der Waals surface area contributed by atoms with Crippen LogP contribution in [0.3, 0.4) is 0 Å². The third-order valence-corrected chi connectivity index (χ3v) is 20.7. The molecule has 0 aliphatic rings. The first-order valence-corrected chi connectivity index (χ1v) is 15.8. The number of rotatable bonds is 10. The molecule has 0 aromatic heterocycles. The Bertz CT molecular complexity index is 461. The summed E-state index contributed by atoms with van der Waals surface area (Å²) in [5.41, 5.74) is 0.557. The minimum atomic E-state index is -2.61. The second-order valence-corrected chi connectivity index (χ2v) is 19.3. The predicted molar refractivity (Wildman–Crippen MR) is 90.6 cm³/mol. The summed E-state index contributed by atoms with van der Waals surface area (Å²) in [7, 11) is 0. The Morgan fingerprint density at radius 1 is 0.750 bits per heavy atom. The molecule has 3 heteroatoms. The van der Waals surface area contributed by atoms with E-state index in [2.05, 4.69) is 20.8 Å². The van der Waals surface area contributed by atoms with Crippen molar-refractivity contribution in [1.29, 1.82) is 0 Å². The molecular formula is C17H30O2Sn. The van der Waals surface area contributed by atoms with E-state index < -0.39 is 18.4 Å². The summed E-state index contributed by atoms with van der Waals surface area (Å²) in [5.74, 6) is 0. The van der Waals surface area contributed by atoms with Gasteiger partial charge in [0.1, 0.15) is 0 Å². The van der Waals surface area contributed by atoms with E-state index in [0.717, 1.165) is 9.14 Å². The van der Waals surface area contributed by atoms with Crippen LogP contribution in [-0.4, -0.2) is 18.4 Å². The van der Waals surface area contributed by atoms with Gasteiger partial charge >= 0.3 is 127 Å². The predicted octanol–water partition coefficient (Wildman–Crippen LogP) is 3.65. The van der Waals surface area contributed by atoms with Crippen molar-refractivity contribution in [2.75, 3.05) is 0 Å². The maximum atomic E-state index is 12.2. The topological polar surface area (TPSA) is 34.1 Å². The first-order chi connectivity index (χ1) is 9.54. The monoisotopic (exact) mass is 386 g/mol. The van der Waals surface area contributed by atoms with E-state index in [4.69, 9.17) is 0 Å². The Kier molecular flexibility index (Phi) is 7.49. The van der Waals surface area contributed by atoms with E-state index >= 15 is 0 Å². The Hall–Kier alpha value is -0.121. The number of hydrogen-bond acceptors (Lipinski definition) is 2. The molecule has 0 atom stereocenters. The van der Waals surface area contributed by atoms with Crippen LogP contribution in [-0.2, 0) is 0 Å². The molecule has 0 heterocycles. The van der Waals surface area contributed by atoms with Gasteiger partial charge in [0.2, 0.25) is 0 Å². The van der Waals surface area contributed by atoms with Gasteiger partial charge in [0, 0.05) is 0 Å². The molecule has 0 aliphatic heterocycles. The summed E-state index contributed by atoms with van der Waals surface area (Å²) in [6, 6.07) is 0. The van der Waals surface area contributed by atoms with Gasteiger partial charge in [-0.25, -0.2) is 0 Å². The van der Waals surface area contributed by atoms with Gasteiger partial charge in [-0.2, -0.15) is 0 Å². The van der Waals surface area contributed by atoms with Gasteiger partial charge in [0.05, 0.1) is 0 Å². The van der Waals surface area contributed by atoms with Gasteiger partial charge in [-0.15, -0.1) is 0 Å². The van der Waals surface area contributed by atoms with Crippen molar-refractivity contribution in [2.24, 2.45) is 0 Å². The maximum absolute atomic E-state index is 12.2. The molecule has 0 radical (unpaired) electrons. The molecule has 0 saturated carbocycles. The van der Waals surface area contributed by atoms with Crippen LogP contribution in [0.25, 0.3) is 0 Å². The number of hydrogen-bond donors (Lipinski definition) is 0. The van der Waals surface area contributed by atoms with Crippen molar-refractivity contribution in [3.63, 3.8) is 0 Å². The van der Waals surface area contributed by atoms with Crippen molar-refractivity contribution < 1.29 is 0 Å². The van der Waals surface area contributed by atoms with Gasteiger partial charge in [-0.05, 0) is 0 Å². The first kappa shape index (κ1) is 17.9. The van der Waals surface area contributed by atoms with Crippen molar-refractivity contribution in [3.05, 3.63) is 26.0 Å². The standard InChI is InChI=1S/C5H3O2.3C4H9.Sn/c1-3-2-4(6)5(3)7;3*1-3-4-2;/h1H3;3*1,3-4H2,2H3;. The van der Waals surface area contributed by atoms with Crippen LogP contribution < -0.4 is 14.4 Å². The molecule has 0 N–H and O–H groups in total. The molecule has 1 aromatic carbocycles. The molecule has 0 fully saturated rings. The fraction of sp³-hybridized carbons (Fsp3) is 0.765. The van der Waals surface area contributed by atoms with Crippen LogP contribution in [0.15, 0.2) is 9.59 Å². The van der Waals surface area contributed by atoms with Crippen LogP contribution in [0.1, 0.15) is 64.9 Å². The van der Waals surface area contributed by atoms with Gasteiger partial charge in [0.25, 0.3) is 0 Å². The third-order valence-electron chi connectivity index (χ3n) is 4.71. The minimum absolute atomic E-state index is 0.0957. The van der Waals surface area contributed by atoms with Crippen LogP contribution >= 0.6 is 0 Å². The Labute approximate surface area is 127 Å². The molecule has 1 aromatic rings. The first-order valence-electron chi connectivity index (χ1n) is 8.34. The van der Waals surface area contributed by atoms with E-state index in [0.29, 0.717) is 0 Å². The third kappa shape index (κ3) is 3.75. The molecule has 0 saturated heterocycles. The van der Waals surface area contributed by atoms with Crippen molar-refractivity contribution in [2.45, 2.75) is 79.5 Å². The quantitative estimate of drug-likeness (QED) is 0.455. The van der Waals surface area contributed by atoms with Gasteiger partial charge in [-0.3, -0.25) is 0 Å². The zero-order valence-electron chi connectivity index (χ0n) is 13.7. The second kappa shape index (κ2) is 8.35. The van der Waals surface area contributed by atoms with Crippen LogP contribution in [0, 0.1) is 6.92 Å². The van der Waals surface area contributed by atoms with Gasteiger partial charge < -0.3 is 0 Å². The molecule has 0 bridgehead atoms. The van der Waals surface area contributed by atoms with Gasteiger partial charge in [0.15, 0.2) is 0 Å². The molecule has 20 heavy (non-hydrogen) atoms. The zero-order chi connectivity index (χ0) is 15.2. The summed E-state index contributed by atoms with van der Waals surface area (Å²) < 4.78 is 4.92. The summed E-state index contributed by atoms with van der Waals surface area (Å²) in [6.45, 7) is 8.58. The average Bonchev–Trinajstić information content (AvgIpc) is 2.48. The average molecular weight is 385 g/mol. The van der Waals surface area contributed by atoms with Crippen molar-refractivity contribution in [3.8, 4) is 0 Å². The Balaban J connectivity index is 3.13. The molecule has 0 aliphatic carbocycles. The zero-order valence-corrected chi connectivity index (χ0v) is 16.5. The Morgan fingerprint density at radius 3 is 1.45 bits per heavy atom. The van der Waals surface area contributed by atoms with Crippen LogP contribution in [0.4, 0.5) is 0 Å². The van der Waals surface area contributed by atoms with Crippen LogP contribution in [0.2, 0.25) is 13.3 Å². The molecule has 0 amide bonds. The van der Waals surface area contributed by atoms with E-state index in [1.54, 1.807) is 0 Å². The SMILES string of the molecule is CCC[CH2][Sn]([CH2]CCC)([CH2]CCC)[c]1c(C)c(=O)c1=O. The van der Waals surface area contributed by atoms with Crippen molar-refractivity contribution >= 4 is 22.0 Å². The summed E-state index contributed by atoms with van der Waals surface area (Å²) >= 11 is -2.61. The molecule has 0 spiro atoms. The number of unbranched alkanes of at least 4 members (excludes halogenated alkanes) is 3. The van der Waals surface area contributed by atoms with E-state index in [9.17, 15) is 9.59 Å². The Morgan fingerprint density at radius 2 is 1.15 bits per heavy atom. The molecule has 2 nitrogen and oxygen atoms in total. The van der Waals surface area contributed by atoms with Crippen molar-refractivity contribution in [1.82, 2.24) is 0 Å². The fourth-order valence-corrected chi connectivity index (χ4v) is 20.8. The molecular weight excluding hydrogens is 355 g/mol. The summed E-state index contributed by atoms with van der Waals surface area (Å²) in [4.78, 5) is 23.8. The molecule has 1 rings (SSSR count). The van der Waals surface area contributed by atoms with Crippen LogP contribution in [0.5, 0.6) is 0 Å². The fourth-order valence-electron chi connectivity index (χ4n) is 3.44. The summed E-state index contributed by atoms with van der Waals surface area (Å²) in [6.07, 6.45) is 7.31. The van der Waals surface area contributed by atoms with E-state index in [1.165, 1.54) is 51.8 Å². The van der Waals surface area contributed by atoms with Gasteiger partial charge in [-0.1, -0.05) is 0 Å². The van der Waals surface area contributed by atoms with E-state index in [-0.39, 0.29) is 10.9 Å². The second-order valence-electron chi connectivity index (χ2n) is 6.25. The molecule has 114 valence electrons. The van der Waals surface area contributed by atoms with E-state index in [1.807, 2.05) is 6.92 Å². The molecule has 0 unspecified atom stereocenters. The summed E-state index contributed by atoms with van der Waals surface area (Å²) in [5, 5.41) is 0.